The van der Waals surface area contributed by atoms with Crippen LogP contribution in [-0.2, 0) is 12.8 Å². The third-order valence-corrected chi connectivity index (χ3v) is 4.06. The van der Waals surface area contributed by atoms with Crippen molar-refractivity contribution in [2.75, 3.05) is 7.11 Å². The molecule has 1 unspecified atom stereocenters. The van der Waals surface area contributed by atoms with Gasteiger partial charge in [0.25, 0.3) is 0 Å². The van der Waals surface area contributed by atoms with Crippen molar-refractivity contribution < 1.29 is 9.53 Å². The highest BCUT2D eigenvalue weighted by Crippen LogP contribution is 2.33. The van der Waals surface area contributed by atoms with Gasteiger partial charge in [0.15, 0.2) is 5.78 Å². The fourth-order valence-corrected chi connectivity index (χ4v) is 3.01. The van der Waals surface area contributed by atoms with Crippen molar-refractivity contribution in [3.8, 4) is 5.75 Å². The molecule has 0 spiro atoms. The molecule has 0 N–H and O–H groups in total. The maximum absolute atomic E-state index is 12.6. The Labute approximate surface area is 119 Å². The number of Topliss-reactive ketones (excluding diaryl/α,β-unsaturated/α-hetero) is 1. The Morgan fingerprint density at radius 1 is 1.10 bits per heavy atom. The minimum absolute atomic E-state index is 0.0945. The monoisotopic (exact) mass is 266 g/mol. The molecule has 1 aliphatic rings. The summed E-state index contributed by atoms with van der Waals surface area (Å²) in [6.45, 7) is 0. The van der Waals surface area contributed by atoms with Crippen molar-refractivity contribution in [1.82, 2.24) is 0 Å². The summed E-state index contributed by atoms with van der Waals surface area (Å²) < 4.78 is 5.36. The molecule has 0 aromatic heterocycles. The van der Waals surface area contributed by atoms with Gasteiger partial charge in [0.1, 0.15) is 5.75 Å². The van der Waals surface area contributed by atoms with Gasteiger partial charge in [0, 0.05) is 17.0 Å². The number of ketones is 1. The maximum atomic E-state index is 12.6. The number of hydrogen-bond acceptors (Lipinski definition) is 2. The van der Waals surface area contributed by atoms with Crippen LogP contribution in [-0.4, -0.2) is 12.9 Å². The molecule has 0 aliphatic heterocycles. The number of methoxy groups -OCH3 is 1. The summed E-state index contributed by atoms with van der Waals surface area (Å²) in [5.74, 6) is 1.19. The van der Waals surface area contributed by atoms with E-state index >= 15 is 0 Å². The van der Waals surface area contributed by atoms with Gasteiger partial charge in [-0.1, -0.05) is 42.5 Å². The second kappa shape index (κ2) is 5.49. The fraction of sp³-hybridized carbons (Fsp3) is 0.278. The quantitative estimate of drug-likeness (QED) is 0.847. The van der Waals surface area contributed by atoms with Crippen LogP contribution in [0.5, 0.6) is 5.75 Å². The van der Waals surface area contributed by atoms with Crippen LogP contribution in [0.4, 0.5) is 0 Å². The topological polar surface area (TPSA) is 26.3 Å². The summed E-state index contributed by atoms with van der Waals surface area (Å²) in [6, 6.07) is 16.0. The van der Waals surface area contributed by atoms with E-state index < -0.39 is 0 Å². The van der Waals surface area contributed by atoms with Crippen molar-refractivity contribution >= 4 is 5.78 Å². The lowest BCUT2D eigenvalue weighted by molar-refractivity contribution is 0.0900. The van der Waals surface area contributed by atoms with Gasteiger partial charge < -0.3 is 4.74 Å². The van der Waals surface area contributed by atoms with E-state index in [0.29, 0.717) is 0 Å². The second-order valence-electron chi connectivity index (χ2n) is 5.28. The summed E-state index contributed by atoms with van der Waals surface area (Å²) in [7, 11) is 1.66. The smallest absolute Gasteiger partial charge is 0.166 e. The van der Waals surface area contributed by atoms with Gasteiger partial charge >= 0.3 is 0 Å². The molecule has 0 bridgehead atoms. The first kappa shape index (κ1) is 12.9. The normalized spacial score (nSPS) is 17.6. The molecule has 1 atom stereocenters. The molecule has 0 radical (unpaired) electrons. The van der Waals surface area contributed by atoms with Crippen LogP contribution in [0.25, 0.3) is 0 Å². The Morgan fingerprint density at radius 3 is 2.65 bits per heavy atom. The highest BCUT2D eigenvalue weighted by molar-refractivity contribution is 6.00. The van der Waals surface area contributed by atoms with E-state index in [2.05, 4.69) is 12.1 Å². The lowest BCUT2D eigenvalue weighted by atomic mass is 9.79. The van der Waals surface area contributed by atoms with E-state index in [1.807, 2.05) is 36.4 Å². The first-order valence-electron chi connectivity index (χ1n) is 7.03. The first-order chi connectivity index (χ1) is 9.79. The Balaban J connectivity index is 1.86. The second-order valence-corrected chi connectivity index (χ2v) is 5.28. The molecular formula is C18H18O2. The molecule has 0 fully saturated rings. The summed E-state index contributed by atoms with van der Waals surface area (Å²) in [4.78, 5) is 12.6. The average Bonchev–Trinajstić information content (AvgIpc) is 2.51. The average molecular weight is 266 g/mol. The molecule has 2 heteroatoms. The molecule has 0 amide bonds. The van der Waals surface area contributed by atoms with Crippen LogP contribution in [0.2, 0.25) is 0 Å². The lowest BCUT2D eigenvalue weighted by Crippen LogP contribution is -2.24. The third kappa shape index (κ3) is 2.34. The molecule has 102 valence electrons. The Kier molecular flexibility index (Phi) is 3.55. The van der Waals surface area contributed by atoms with Crippen LogP contribution in [0.1, 0.15) is 27.9 Å². The zero-order chi connectivity index (χ0) is 13.9. The maximum Gasteiger partial charge on any atom is 0.166 e. The van der Waals surface area contributed by atoms with Gasteiger partial charge in [-0.3, -0.25) is 4.79 Å². The molecule has 3 rings (SSSR count). The zero-order valence-electron chi connectivity index (χ0n) is 11.6. The number of fused-ring (bicyclic) bond motifs is 1. The van der Waals surface area contributed by atoms with E-state index in [9.17, 15) is 4.79 Å². The molecule has 0 heterocycles. The minimum atomic E-state index is 0.0945. The molecule has 2 aromatic rings. The summed E-state index contributed by atoms with van der Waals surface area (Å²) in [5.41, 5.74) is 3.15. The van der Waals surface area contributed by atoms with Crippen molar-refractivity contribution in [3.05, 3.63) is 65.2 Å². The van der Waals surface area contributed by atoms with E-state index in [4.69, 9.17) is 4.74 Å². The van der Waals surface area contributed by atoms with Gasteiger partial charge in [0.05, 0.1) is 7.11 Å². The van der Waals surface area contributed by atoms with E-state index in [0.717, 1.165) is 36.1 Å². The van der Waals surface area contributed by atoms with Gasteiger partial charge in [-0.15, -0.1) is 0 Å². The number of carbonyl (C=O) groups excluding carboxylic acids is 1. The lowest BCUT2D eigenvalue weighted by Gasteiger charge is -2.24. The summed E-state index contributed by atoms with van der Waals surface area (Å²) >= 11 is 0. The minimum Gasteiger partial charge on any atom is -0.496 e. The molecular weight excluding hydrogens is 248 g/mol. The van der Waals surface area contributed by atoms with Gasteiger partial charge in [-0.25, -0.2) is 0 Å². The fourth-order valence-electron chi connectivity index (χ4n) is 3.01. The van der Waals surface area contributed by atoms with Crippen LogP contribution < -0.4 is 4.74 Å². The van der Waals surface area contributed by atoms with E-state index in [-0.39, 0.29) is 11.7 Å². The number of ether oxygens (including phenoxy) is 1. The van der Waals surface area contributed by atoms with Crippen LogP contribution in [0.3, 0.4) is 0 Å². The van der Waals surface area contributed by atoms with Gasteiger partial charge in [-0.2, -0.15) is 0 Å². The summed E-state index contributed by atoms with van der Waals surface area (Å²) in [5, 5.41) is 0. The van der Waals surface area contributed by atoms with Crippen LogP contribution in [0.15, 0.2) is 48.5 Å². The largest absolute Gasteiger partial charge is 0.496 e. The standard InChI is InChI=1S/C18H18O2/c1-20-17-9-5-8-16-15(17)11-10-14(18(16)19)12-13-6-3-2-4-7-13/h2-9,14H,10-12H2,1H3. The molecule has 0 saturated carbocycles. The van der Waals surface area contributed by atoms with Gasteiger partial charge in [-0.05, 0) is 30.9 Å². The number of rotatable bonds is 3. The number of carbonyl (C=O) groups is 1. The van der Waals surface area contributed by atoms with Crippen molar-refractivity contribution in [2.45, 2.75) is 19.3 Å². The van der Waals surface area contributed by atoms with E-state index in [1.165, 1.54) is 5.56 Å². The number of hydrogen-bond donors (Lipinski definition) is 0. The predicted octanol–water partition coefficient (Wildman–Crippen LogP) is 3.68. The SMILES string of the molecule is COc1cccc2c1CCC(Cc1ccccc1)C2=O. The Hall–Kier alpha value is -2.09. The van der Waals surface area contributed by atoms with Crippen molar-refractivity contribution in [2.24, 2.45) is 5.92 Å². The van der Waals surface area contributed by atoms with E-state index in [1.54, 1.807) is 7.11 Å². The molecule has 20 heavy (non-hydrogen) atoms. The first-order valence-corrected chi connectivity index (χ1v) is 7.03. The van der Waals surface area contributed by atoms with Crippen LogP contribution in [0, 0.1) is 5.92 Å². The summed E-state index contributed by atoms with van der Waals surface area (Å²) in [6.07, 6.45) is 2.65. The predicted molar refractivity (Wildman–Crippen MR) is 79.3 cm³/mol. The Bertz CT molecular complexity index is 617. The van der Waals surface area contributed by atoms with Gasteiger partial charge in [0.2, 0.25) is 0 Å². The highest BCUT2D eigenvalue weighted by atomic mass is 16.5. The molecule has 1 aliphatic carbocycles. The third-order valence-electron chi connectivity index (χ3n) is 4.06. The Morgan fingerprint density at radius 2 is 1.90 bits per heavy atom. The van der Waals surface area contributed by atoms with Crippen molar-refractivity contribution in [1.29, 1.82) is 0 Å². The molecule has 2 nitrogen and oxygen atoms in total. The molecule has 0 saturated heterocycles. The molecule has 2 aromatic carbocycles. The highest BCUT2D eigenvalue weighted by Gasteiger charge is 2.29. The van der Waals surface area contributed by atoms with Crippen LogP contribution >= 0.6 is 0 Å². The zero-order valence-corrected chi connectivity index (χ0v) is 11.6. The number of benzene rings is 2. The van der Waals surface area contributed by atoms with Crippen molar-refractivity contribution in [3.63, 3.8) is 0 Å².